The van der Waals surface area contributed by atoms with Gasteiger partial charge in [0.05, 0.1) is 23.1 Å². The van der Waals surface area contributed by atoms with Gasteiger partial charge in [-0.15, -0.1) is 0 Å². The molecule has 1 aromatic heterocycles. The van der Waals surface area contributed by atoms with Gasteiger partial charge in [-0.3, -0.25) is 4.98 Å². The van der Waals surface area contributed by atoms with E-state index in [0.29, 0.717) is 6.04 Å². The van der Waals surface area contributed by atoms with E-state index in [2.05, 4.69) is 40.1 Å². The van der Waals surface area contributed by atoms with Gasteiger partial charge in [0.1, 0.15) is 0 Å². The molecule has 0 amide bonds. The first kappa shape index (κ1) is 11.7. The minimum absolute atomic E-state index is 0.510. The third-order valence-corrected chi connectivity index (χ3v) is 3.98. The predicted molar refractivity (Wildman–Crippen MR) is 80.6 cm³/mol. The number of fused-ring (bicyclic) bond motifs is 3. The van der Waals surface area contributed by atoms with E-state index in [4.69, 9.17) is 0 Å². The van der Waals surface area contributed by atoms with Gasteiger partial charge in [0.15, 0.2) is 0 Å². The molecule has 4 heteroatoms. The summed E-state index contributed by atoms with van der Waals surface area (Å²) in [6.45, 7) is 0.980. The van der Waals surface area contributed by atoms with Crippen molar-refractivity contribution in [2.24, 2.45) is 0 Å². The van der Waals surface area contributed by atoms with E-state index in [0.717, 1.165) is 17.7 Å². The number of pyridine rings is 1. The molecule has 3 nitrogen and oxygen atoms in total. The SMILES string of the molecule is CSCCC1CNc2cnc3ccccc3c2N1. The molecule has 0 saturated heterocycles. The molecule has 1 atom stereocenters. The van der Waals surface area contributed by atoms with E-state index in [1.165, 1.54) is 23.2 Å². The van der Waals surface area contributed by atoms with Crippen molar-refractivity contribution in [3.05, 3.63) is 30.5 Å². The Balaban J connectivity index is 1.95. The molecule has 0 saturated carbocycles. The number of hydrogen-bond acceptors (Lipinski definition) is 4. The molecule has 1 aliphatic rings. The van der Waals surface area contributed by atoms with E-state index in [-0.39, 0.29) is 0 Å². The highest BCUT2D eigenvalue weighted by atomic mass is 32.2. The summed E-state index contributed by atoms with van der Waals surface area (Å²) in [6, 6.07) is 8.80. The van der Waals surface area contributed by atoms with Crippen LogP contribution in [0.4, 0.5) is 11.4 Å². The molecule has 3 rings (SSSR count). The summed E-state index contributed by atoms with van der Waals surface area (Å²) in [5.74, 6) is 1.19. The Kier molecular flexibility index (Phi) is 3.28. The predicted octanol–water partition coefficient (Wildman–Crippen LogP) is 3.19. The van der Waals surface area contributed by atoms with Gasteiger partial charge in [0, 0.05) is 18.0 Å². The summed E-state index contributed by atoms with van der Waals surface area (Å²) in [5, 5.41) is 8.34. The summed E-state index contributed by atoms with van der Waals surface area (Å²) >= 11 is 1.90. The van der Waals surface area contributed by atoms with Gasteiger partial charge in [0.25, 0.3) is 0 Å². The summed E-state index contributed by atoms with van der Waals surface area (Å²) in [7, 11) is 0. The zero-order valence-electron chi connectivity index (χ0n) is 10.4. The van der Waals surface area contributed by atoms with Gasteiger partial charge in [-0.1, -0.05) is 18.2 Å². The lowest BCUT2D eigenvalue weighted by molar-refractivity contribution is 0.720. The minimum Gasteiger partial charge on any atom is -0.380 e. The van der Waals surface area contributed by atoms with Crippen LogP contribution in [0, 0.1) is 0 Å². The number of nitrogens with zero attached hydrogens (tertiary/aromatic N) is 1. The van der Waals surface area contributed by atoms with Gasteiger partial charge in [-0.2, -0.15) is 11.8 Å². The summed E-state index contributed by atoms with van der Waals surface area (Å²) in [5.41, 5.74) is 3.38. The van der Waals surface area contributed by atoms with E-state index >= 15 is 0 Å². The number of benzene rings is 1. The number of hydrogen-bond donors (Lipinski definition) is 2. The quantitative estimate of drug-likeness (QED) is 0.887. The van der Waals surface area contributed by atoms with Crippen molar-refractivity contribution in [2.45, 2.75) is 12.5 Å². The Morgan fingerprint density at radius 3 is 3.17 bits per heavy atom. The normalized spacial score (nSPS) is 17.9. The Bertz CT molecular complexity index is 556. The van der Waals surface area contributed by atoms with Gasteiger partial charge < -0.3 is 10.6 Å². The zero-order chi connectivity index (χ0) is 12.4. The highest BCUT2D eigenvalue weighted by Crippen LogP contribution is 2.33. The maximum absolute atomic E-state index is 4.48. The zero-order valence-corrected chi connectivity index (χ0v) is 11.3. The van der Waals surface area contributed by atoms with E-state index in [1.54, 1.807) is 0 Å². The number of rotatable bonds is 3. The van der Waals surface area contributed by atoms with Crippen LogP contribution in [0.2, 0.25) is 0 Å². The van der Waals surface area contributed by atoms with Crippen molar-refractivity contribution in [1.29, 1.82) is 0 Å². The standard InChI is InChI=1S/C14H17N3S/c1-18-7-6-10-8-15-13-9-16-12-5-3-2-4-11(12)14(13)17-10/h2-5,9-10,15,17H,6-8H2,1H3. The molecule has 18 heavy (non-hydrogen) atoms. The highest BCUT2D eigenvalue weighted by molar-refractivity contribution is 7.98. The second-order valence-electron chi connectivity index (χ2n) is 4.57. The molecule has 0 aliphatic carbocycles. The molecule has 2 heterocycles. The number of anilines is 2. The lowest BCUT2D eigenvalue weighted by Gasteiger charge is -2.29. The van der Waals surface area contributed by atoms with Crippen LogP contribution in [0.15, 0.2) is 30.5 Å². The fraction of sp³-hybridized carbons (Fsp3) is 0.357. The Morgan fingerprint density at radius 2 is 2.28 bits per heavy atom. The van der Waals surface area contributed by atoms with E-state index in [1.807, 2.05) is 24.0 Å². The molecule has 2 N–H and O–H groups in total. The lowest BCUT2D eigenvalue weighted by Crippen LogP contribution is -2.33. The molecule has 94 valence electrons. The van der Waals surface area contributed by atoms with Gasteiger partial charge >= 0.3 is 0 Å². The van der Waals surface area contributed by atoms with Gasteiger partial charge in [-0.05, 0) is 24.5 Å². The third-order valence-electron chi connectivity index (χ3n) is 3.33. The Morgan fingerprint density at radius 1 is 1.39 bits per heavy atom. The largest absolute Gasteiger partial charge is 0.380 e. The fourth-order valence-electron chi connectivity index (χ4n) is 2.35. The first-order chi connectivity index (χ1) is 8.88. The molecule has 0 fully saturated rings. The maximum Gasteiger partial charge on any atom is 0.0769 e. The van der Waals surface area contributed by atoms with Crippen molar-refractivity contribution in [3.63, 3.8) is 0 Å². The first-order valence-electron chi connectivity index (χ1n) is 6.25. The van der Waals surface area contributed by atoms with Gasteiger partial charge in [0.2, 0.25) is 0 Å². The second-order valence-corrected chi connectivity index (χ2v) is 5.55. The van der Waals surface area contributed by atoms with Crippen LogP contribution in [0.1, 0.15) is 6.42 Å². The minimum atomic E-state index is 0.510. The smallest absolute Gasteiger partial charge is 0.0769 e. The molecule has 1 aliphatic heterocycles. The van der Waals surface area contributed by atoms with Crippen molar-refractivity contribution >= 4 is 34.0 Å². The molecule has 0 bridgehead atoms. The van der Waals surface area contributed by atoms with Gasteiger partial charge in [-0.25, -0.2) is 0 Å². The average molecular weight is 259 g/mol. The molecule has 1 aromatic carbocycles. The maximum atomic E-state index is 4.48. The molecular weight excluding hydrogens is 242 g/mol. The van der Waals surface area contributed by atoms with Crippen molar-refractivity contribution in [3.8, 4) is 0 Å². The van der Waals surface area contributed by atoms with Crippen LogP contribution in [-0.4, -0.2) is 29.6 Å². The molecule has 0 spiro atoms. The van der Waals surface area contributed by atoms with Crippen LogP contribution in [0.25, 0.3) is 10.9 Å². The fourth-order valence-corrected chi connectivity index (χ4v) is 2.87. The Hall–Kier alpha value is -1.42. The second kappa shape index (κ2) is 5.06. The summed E-state index contributed by atoms with van der Waals surface area (Å²) in [6.07, 6.45) is 5.27. The average Bonchev–Trinajstić information content (AvgIpc) is 2.45. The van der Waals surface area contributed by atoms with Crippen LogP contribution < -0.4 is 10.6 Å². The number of thioether (sulfide) groups is 1. The summed E-state index contributed by atoms with van der Waals surface area (Å²) < 4.78 is 0. The monoisotopic (exact) mass is 259 g/mol. The van der Waals surface area contributed by atoms with Crippen LogP contribution >= 0.6 is 11.8 Å². The highest BCUT2D eigenvalue weighted by Gasteiger charge is 2.18. The van der Waals surface area contributed by atoms with Crippen LogP contribution in [0.3, 0.4) is 0 Å². The van der Waals surface area contributed by atoms with E-state index in [9.17, 15) is 0 Å². The third kappa shape index (κ3) is 2.12. The number of aromatic nitrogens is 1. The van der Waals surface area contributed by atoms with Crippen LogP contribution in [0.5, 0.6) is 0 Å². The number of para-hydroxylation sites is 1. The first-order valence-corrected chi connectivity index (χ1v) is 7.65. The van der Waals surface area contributed by atoms with Crippen molar-refractivity contribution in [2.75, 3.05) is 29.2 Å². The molecular formula is C14H17N3S. The van der Waals surface area contributed by atoms with E-state index < -0.39 is 0 Å². The van der Waals surface area contributed by atoms with Crippen molar-refractivity contribution in [1.82, 2.24) is 4.98 Å². The lowest BCUT2D eigenvalue weighted by atomic mass is 10.1. The topological polar surface area (TPSA) is 37.0 Å². The molecule has 0 radical (unpaired) electrons. The van der Waals surface area contributed by atoms with Crippen LogP contribution in [-0.2, 0) is 0 Å². The molecule has 1 unspecified atom stereocenters. The number of nitrogens with one attached hydrogen (secondary N) is 2. The Labute approximate surface area is 111 Å². The van der Waals surface area contributed by atoms with Crippen molar-refractivity contribution < 1.29 is 0 Å². The molecule has 2 aromatic rings. The summed E-state index contributed by atoms with van der Waals surface area (Å²) in [4.78, 5) is 4.48.